The topological polar surface area (TPSA) is 80.6 Å². The molecule has 2 aromatic carbocycles. The number of nitrogens with zero attached hydrogens (tertiary/aromatic N) is 2. The molecular weight excluding hydrogens is 469 g/mol. The molecule has 180 valence electrons. The zero-order valence-corrected chi connectivity index (χ0v) is 20.3. The maximum atomic E-state index is 13.7. The van der Waals surface area contributed by atoms with Gasteiger partial charge in [0.25, 0.3) is 11.1 Å². The Bertz CT molecular complexity index is 1330. The SMILES string of the molecule is CCOc1ccc(NC(=O)CN2C(=O)S/C(=C/c3cc(C)n(-c4cccc(F)c4)c3C)C2=O)cc1. The number of hydrogen-bond acceptors (Lipinski definition) is 5. The van der Waals surface area contributed by atoms with Crippen LogP contribution >= 0.6 is 11.8 Å². The van der Waals surface area contributed by atoms with Gasteiger partial charge in [0.1, 0.15) is 18.1 Å². The number of aromatic nitrogens is 1. The van der Waals surface area contributed by atoms with E-state index in [2.05, 4.69) is 5.32 Å². The van der Waals surface area contributed by atoms with Crippen LogP contribution in [0.25, 0.3) is 11.8 Å². The number of rotatable bonds is 7. The van der Waals surface area contributed by atoms with Crippen LogP contribution in [-0.4, -0.2) is 39.7 Å². The number of carbonyl (C=O) groups excluding carboxylic acids is 3. The first-order chi connectivity index (χ1) is 16.8. The number of anilines is 1. The van der Waals surface area contributed by atoms with Gasteiger partial charge in [0, 0.05) is 22.8 Å². The number of amides is 3. The summed E-state index contributed by atoms with van der Waals surface area (Å²) in [5, 5.41) is 2.17. The second kappa shape index (κ2) is 10.2. The fourth-order valence-electron chi connectivity index (χ4n) is 3.87. The summed E-state index contributed by atoms with van der Waals surface area (Å²) in [6.07, 6.45) is 1.63. The van der Waals surface area contributed by atoms with Gasteiger partial charge in [-0.05, 0) is 92.7 Å². The fourth-order valence-corrected chi connectivity index (χ4v) is 4.70. The van der Waals surface area contributed by atoms with E-state index in [0.717, 1.165) is 33.6 Å². The Labute approximate surface area is 206 Å². The molecule has 4 rings (SSSR count). The predicted octanol–water partition coefficient (Wildman–Crippen LogP) is 5.31. The lowest BCUT2D eigenvalue weighted by Crippen LogP contribution is -2.36. The molecule has 1 aliphatic rings. The summed E-state index contributed by atoms with van der Waals surface area (Å²) in [4.78, 5) is 39.0. The van der Waals surface area contributed by atoms with Crippen LogP contribution in [0.5, 0.6) is 5.75 Å². The highest BCUT2D eigenvalue weighted by molar-refractivity contribution is 8.18. The van der Waals surface area contributed by atoms with E-state index in [-0.39, 0.29) is 10.7 Å². The molecule has 0 spiro atoms. The van der Waals surface area contributed by atoms with Gasteiger partial charge in [-0.2, -0.15) is 0 Å². The molecule has 0 radical (unpaired) electrons. The third-order valence-corrected chi connectivity index (χ3v) is 6.36. The number of benzene rings is 2. The minimum absolute atomic E-state index is 0.225. The minimum atomic E-state index is -0.530. The molecule has 0 bridgehead atoms. The molecule has 1 saturated heterocycles. The van der Waals surface area contributed by atoms with Gasteiger partial charge in [-0.1, -0.05) is 6.07 Å². The summed E-state index contributed by atoms with van der Waals surface area (Å²) < 4.78 is 21.0. The third kappa shape index (κ3) is 5.30. The van der Waals surface area contributed by atoms with E-state index in [4.69, 9.17) is 4.74 Å². The summed E-state index contributed by atoms with van der Waals surface area (Å²) in [5.41, 5.74) is 3.59. The molecular formula is C26H24FN3O4S. The number of aryl methyl sites for hydroxylation is 1. The average molecular weight is 494 g/mol. The Kier molecular flexibility index (Phi) is 7.07. The van der Waals surface area contributed by atoms with Crippen LogP contribution < -0.4 is 10.1 Å². The minimum Gasteiger partial charge on any atom is -0.494 e. The quantitative estimate of drug-likeness (QED) is 0.452. The van der Waals surface area contributed by atoms with Crippen molar-refractivity contribution >= 4 is 40.6 Å². The highest BCUT2D eigenvalue weighted by Crippen LogP contribution is 2.33. The first kappa shape index (κ1) is 24.3. The number of carbonyl (C=O) groups is 3. The van der Waals surface area contributed by atoms with E-state index < -0.39 is 23.6 Å². The van der Waals surface area contributed by atoms with Crippen molar-refractivity contribution in [2.45, 2.75) is 20.8 Å². The molecule has 0 aliphatic carbocycles. The molecule has 9 heteroatoms. The van der Waals surface area contributed by atoms with Crippen LogP contribution in [0, 0.1) is 19.7 Å². The molecule has 1 N–H and O–H groups in total. The average Bonchev–Trinajstić information content (AvgIpc) is 3.24. The van der Waals surface area contributed by atoms with E-state index >= 15 is 0 Å². The summed E-state index contributed by atoms with van der Waals surface area (Å²) in [7, 11) is 0. The third-order valence-electron chi connectivity index (χ3n) is 5.45. The molecule has 7 nitrogen and oxygen atoms in total. The lowest BCUT2D eigenvalue weighted by Gasteiger charge is -2.12. The first-order valence-electron chi connectivity index (χ1n) is 11.0. The maximum absolute atomic E-state index is 13.7. The molecule has 1 aliphatic heterocycles. The molecule has 0 unspecified atom stereocenters. The number of halogens is 1. The van der Waals surface area contributed by atoms with Crippen molar-refractivity contribution in [1.82, 2.24) is 9.47 Å². The Morgan fingerprint density at radius 2 is 1.86 bits per heavy atom. The highest BCUT2D eigenvalue weighted by Gasteiger charge is 2.36. The van der Waals surface area contributed by atoms with E-state index in [9.17, 15) is 18.8 Å². The summed E-state index contributed by atoms with van der Waals surface area (Å²) in [6.45, 7) is 5.76. The number of nitrogens with one attached hydrogen (secondary N) is 1. The molecule has 3 amide bonds. The number of ether oxygens (including phenoxy) is 1. The molecule has 3 aromatic rings. The largest absolute Gasteiger partial charge is 0.494 e. The smallest absolute Gasteiger partial charge is 0.294 e. The van der Waals surface area contributed by atoms with E-state index in [1.807, 2.05) is 31.4 Å². The van der Waals surface area contributed by atoms with Crippen molar-refractivity contribution in [2.24, 2.45) is 0 Å². The standard InChI is InChI=1S/C26H24FN3O4S/c1-4-34-22-10-8-20(9-11-22)28-24(31)15-29-25(32)23(35-26(29)33)13-18-12-16(2)30(17(18)3)21-7-5-6-19(27)14-21/h5-14H,4,15H2,1-3H3,(H,28,31)/b23-13+. The van der Waals surface area contributed by atoms with E-state index in [1.165, 1.54) is 12.1 Å². The number of imide groups is 1. The predicted molar refractivity (Wildman–Crippen MR) is 134 cm³/mol. The Morgan fingerprint density at radius 1 is 1.11 bits per heavy atom. The summed E-state index contributed by atoms with van der Waals surface area (Å²) >= 11 is 0.787. The summed E-state index contributed by atoms with van der Waals surface area (Å²) in [5.74, 6) is -0.682. The monoisotopic (exact) mass is 493 g/mol. The van der Waals surface area contributed by atoms with Crippen LogP contribution in [0.15, 0.2) is 59.5 Å². The van der Waals surface area contributed by atoms with Crippen LogP contribution in [-0.2, 0) is 9.59 Å². The van der Waals surface area contributed by atoms with Crippen LogP contribution in [0.4, 0.5) is 14.9 Å². The fraction of sp³-hybridized carbons (Fsp3) is 0.192. The maximum Gasteiger partial charge on any atom is 0.294 e. The van der Waals surface area contributed by atoms with Crippen molar-refractivity contribution in [2.75, 3.05) is 18.5 Å². The van der Waals surface area contributed by atoms with Gasteiger partial charge < -0.3 is 14.6 Å². The van der Waals surface area contributed by atoms with Gasteiger partial charge in [-0.15, -0.1) is 0 Å². The van der Waals surface area contributed by atoms with Crippen molar-refractivity contribution in [3.8, 4) is 11.4 Å². The number of thioether (sulfide) groups is 1. The lowest BCUT2D eigenvalue weighted by molar-refractivity contribution is -0.127. The Hall–Kier alpha value is -3.85. The Balaban J connectivity index is 1.48. The van der Waals surface area contributed by atoms with Crippen LogP contribution in [0.1, 0.15) is 23.9 Å². The van der Waals surface area contributed by atoms with Gasteiger partial charge in [0.05, 0.1) is 11.5 Å². The van der Waals surface area contributed by atoms with Gasteiger partial charge in [-0.3, -0.25) is 19.3 Å². The Morgan fingerprint density at radius 3 is 2.54 bits per heavy atom. The van der Waals surface area contributed by atoms with Crippen molar-refractivity contribution in [3.05, 3.63) is 82.3 Å². The zero-order chi connectivity index (χ0) is 25.1. The highest BCUT2D eigenvalue weighted by atomic mass is 32.2. The van der Waals surface area contributed by atoms with E-state index in [1.54, 1.807) is 42.5 Å². The van der Waals surface area contributed by atoms with Gasteiger partial charge >= 0.3 is 0 Å². The first-order valence-corrected chi connectivity index (χ1v) is 11.8. The van der Waals surface area contributed by atoms with Gasteiger partial charge in [0.15, 0.2) is 0 Å². The van der Waals surface area contributed by atoms with Crippen LogP contribution in [0.3, 0.4) is 0 Å². The molecule has 1 aromatic heterocycles. The van der Waals surface area contributed by atoms with E-state index in [0.29, 0.717) is 23.7 Å². The normalized spacial score (nSPS) is 14.6. The number of hydrogen-bond donors (Lipinski definition) is 1. The van der Waals surface area contributed by atoms with Crippen molar-refractivity contribution < 1.29 is 23.5 Å². The second-order valence-corrected chi connectivity index (χ2v) is 8.91. The lowest BCUT2D eigenvalue weighted by atomic mass is 10.2. The molecule has 35 heavy (non-hydrogen) atoms. The molecule has 0 atom stereocenters. The zero-order valence-electron chi connectivity index (χ0n) is 19.5. The van der Waals surface area contributed by atoms with Crippen molar-refractivity contribution in [3.63, 3.8) is 0 Å². The molecule has 0 saturated carbocycles. The summed E-state index contributed by atoms with van der Waals surface area (Å²) in [6, 6.07) is 14.9. The molecule has 1 fully saturated rings. The van der Waals surface area contributed by atoms with Crippen LogP contribution in [0.2, 0.25) is 0 Å². The second-order valence-electron chi connectivity index (χ2n) is 7.92. The molecule has 2 heterocycles. The van der Waals surface area contributed by atoms with Gasteiger partial charge in [-0.25, -0.2) is 4.39 Å². The van der Waals surface area contributed by atoms with Gasteiger partial charge in [0.2, 0.25) is 5.91 Å². The van der Waals surface area contributed by atoms with Crippen molar-refractivity contribution in [1.29, 1.82) is 0 Å².